The number of fused-ring (bicyclic) bond motifs is 1. The standard InChI is InChI=1S/C35H38ClN5O7S/c1-39(2)33(43)27-17-25(11-13-32(27)48-24-10-12-31(42)28(36)16-24)49(46,47)41-30(15-23-19-38-29-9-4-3-8-26(23)29)34(44)40(35(41)45)20-22-7-5-6-21(14-22)18-37/h3-4,8-13,16-17,19,21-22,30,38,42H,5-7,14-15,18,20,37H2,1-2H3/t21-,22?,30+/m1/s1. The first-order valence-electron chi connectivity index (χ1n) is 16.1. The number of carbonyl (C=O) groups excluding carboxylic acids is 3. The molecule has 2 aliphatic rings. The number of phenolic OH excluding ortho intramolecular Hbond substituents is 1. The Morgan fingerprint density at radius 2 is 1.84 bits per heavy atom. The molecule has 0 radical (unpaired) electrons. The van der Waals surface area contributed by atoms with Crippen LogP contribution in [-0.4, -0.2) is 83.7 Å². The number of phenols is 1. The number of urea groups is 1. The van der Waals surface area contributed by atoms with Gasteiger partial charge in [0.25, 0.3) is 21.8 Å². The van der Waals surface area contributed by atoms with E-state index in [2.05, 4.69) is 4.98 Å². The summed E-state index contributed by atoms with van der Waals surface area (Å²) in [5.74, 6) is -0.830. The van der Waals surface area contributed by atoms with E-state index in [1.54, 1.807) is 6.20 Å². The van der Waals surface area contributed by atoms with Crippen molar-refractivity contribution in [3.63, 3.8) is 0 Å². The second-order valence-electron chi connectivity index (χ2n) is 12.8. The lowest BCUT2D eigenvalue weighted by Gasteiger charge is -2.30. The van der Waals surface area contributed by atoms with E-state index in [1.165, 1.54) is 49.3 Å². The number of hydrogen-bond donors (Lipinski definition) is 3. The quantitative estimate of drug-likeness (QED) is 0.186. The van der Waals surface area contributed by atoms with Crippen LogP contribution in [0.1, 0.15) is 41.6 Å². The Labute approximate surface area is 289 Å². The van der Waals surface area contributed by atoms with Gasteiger partial charge in [-0.3, -0.25) is 14.5 Å². The number of nitrogens with zero attached hydrogens (tertiary/aromatic N) is 3. The highest BCUT2D eigenvalue weighted by molar-refractivity contribution is 7.89. The van der Waals surface area contributed by atoms with E-state index in [4.69, 9.17) is 22.1 Å². The number of nitrogens with two attached hydrogens (primary N) is 1. The number of benzene rings is 3. The minimum absolute atomic E-state index is 0.000688. The zero-order valence-corrected chi connectivity index (χ0v) is 28.7. The molecule has 1 aromatic heterocycles. The fourth-order valence-corrected chi connectivity index (χ4v) is 8.45. The van der Waals surface area contributed by atoms with Crippen molar-refractivity contribution >= 4 is 50.4 Å². The summed E-state index contributed by atoms with van der Waals surface area (Å²) in [6.45, 7) is 0.604. The number of rotatable bonds is 10. The number of H-pyrrole nitrogens is 1. The van der Waals surface area contributed by atoms with Gasteiger partial charge in [0.2, 0.25) is 0 Å². The zero-order valence-electron chi connectivity index (χ0n) is 27.1. The zero-order chi connectivity index (χ0) is 35.0. The maximum absolute atomic E-state index is 14.5. The van der Waals surface area contributed by atoms with Crippen LogP contribution >= 0.6 is 11.6 Å². The number of ether oxygens (including phenoxy) is 1. The lowest BCUT2D eigenvalue weighted by atomic mass is 9.81. The number of imide groups is 1. The predicted octanol–water partition coefficient (Wildman–Crippen LogP) is 5.35. The molecule has 49 heavy (non-hydrogen) atoms. The molecular formula is C35H38ClN5O7S. The minimum Gasteiger partial charge on any atom is -0.506 e. The molecule has 14 heteroatoms. The van der Waals surface area contributed by atoms with Gasteiger partial charge in [-0.15, -0.1) is 0 Å². The second-order valence-corrected chi connectivity index (χ2v) is 15.0. The van der Waals surface area contributed by atoms with Gasteiger partial charge in [-0.25, -0.2) is 17.5 Å². The summed E-state index contributed by atoms with van der Waals surface area (Å²) in [5, 5.41) is 10.6. The molecule has 1 aliphatic carbocycles. The highest BCUT2D eigenvalue weighted by atomic mass is 35.5. The van der Waals surface area contributed by atoms with Crippen LogP contribution in [-0.2, 0) is 21.2 Å². The summed E-state index contributed by atoms with van der Waals surface area (Å²) >= 11 is 6.04. The van der Waals surface area contributed by atoms with Crippen LogP contribution in [0.4, 0.5) is 4.79 Å². The van der Waals surface area contributed by atoms with Gasteiger partial charge in [-0.2, -0.15) is 0 Å². The summed E-state index contributed by atoms with van der Waals surface area (Å²) in [7, 11) is -1.68. The maximum Gasteiger partial charge on any atom is 0.341 e. The average Bonchev–Trinajstić information content (AvgIpc) is 3.60. The first-order chi connectivity index (χ1) is 23.4. The smallest absolute Gasteiger partial charge is 0.341 e. The number of aromatic nitrogens is 1. The van der Waals surface area contributed by atoms with Crippen LogP contribution in [0.15, 0.2) is 71.8 Å². The summed E-state index contributed by atoms with van der Waals surface area (Å²) < 4.78 is 35.6. The van der Waals surface area contributed by atoms with Crippen molar-refractivity contribution in [2.75, 3.05) is 27.2 Å². The van der Waals surface area contributed by atoms with Gasteiger partial charge < -0.3 is 25.5 Å². The average molecular weight is 708 g/mol. The largest absolute Gasteiger partial charge is 0.506 e. The highest BCUT2D eigenvalue weighted by Gasteiger charge is 2.52. The van der Waals surface area contributed by atoms with Crippen molar-refractivity contribution in [1.29, 1.82) is 0 Å². The van der Waals surface area contributed by atoms with E-state index in [0.717, 1.165) is 47.6 Å². The maximum atomic E-state index is 14.5. The molecular weight excluding hydrogens is 670 g/mol. The Bertz CT molecular complexity index is 2030. The van der Waals surface area contributed by atoms with Crippen molar-refractivity contribution in [3.05, 3.63) is 83.0 Å². The number of sulfonamides is 1. The summed E-state index contributed by atoms with van der Waals surface area (Å²) in [6.07, 6.45) is 5.11. The number of hydrogen-bond acceptors (Lipinski definition) is 8. The summed E-state index contributed by atoms with van der Waals surface area (Å²) in [6, 6.07) is 13.0. The van der Waals surface area contributed by atoms with Gasteiger partial charge in [0.1, 0.15) is 23.3 Å². The molecule has 2 heterocycles. The topological polar surface area (TPSA) is 166 Å². The second kappa shape index (κ2) is 13.7. The van der Waals surface area contributed by atoms with E-state index in [0.29, 0.717) is 16.4 Å². The van der Waals surface area contributed by atoms with E-state index in [1.807, 2.05) is 24.3 Å². The third-order valence-electron chi connectivity index (χ3n) is 9.30. The molecule has 1 saturated heterocycles. The highest BCUT2D eigenvalue weighted by Crippen LogP contribution is 2.37. The number of halogens is 1. The number of carbonyl (C=O) groups is 3. The third-order valence-corrected chi connectivity index (χ3v) is 11.4. The molecule has 1 saturated carbocycles. The first-order valence-corrected chi connectivity index (χ1v) is 17.9. The van der Waals surface area contributed by atoms with Crippen molar-refractivity contribution in [1.82, 2.24) is 19.1 Å². The number of aromatic amines is 1. The third kappa shape index (κ3) is 6.70. The summed E-state index contributed by atoms with van der Waals surface area (Å²) in [4.78, 5) is 46.7. The van der Waals surface area contributed by atoms with Crippen LogP contribution in [0.2, 0.25) is 5.02 Å². The summed E-state index contributed by atoms with van der Waals surface area (Å²) in [5.41, 5.74) is 7.34. The van der Waals surface area contributed by atoms with Gasteiger partial charge >= 0.3 is 6.03 Å². The van der Waals surface area contributed by atoms with Gasteiger partial charge in [0, 0.05) is 50.2 Å². The van der Waals surface area contributed by atoms with Crippen LogP contribution in [0, 0.1) is 11.8 Å². The normalized spacial score (nSPS) is 19.9. The molecule has 1 unspecified atom stereocenters. The van der Waals surface area contributed by atoms with Gasteiger partial charge in [0.05, 0.1) is 15.5 Å². The molecule has 12 nitrogen and oxygen atoms in total. The molecule has 0 bridgehead atoms. The number of aromatic hydroxyl groups is 1. The molecule has 0 spiro atoms. The van der Waals surface area contributed by atoms with Gasteiger partial charge in [-0.05, 0) is 79.6 Å². The fraction of sp³-hybridized carbons (Fsp3) is 0.343. The molecule has 1 aliphatic heterocycles. The number of para-hydroxylation sites is 1. The van der Waals surface area contributed by atoms with Gasteiger partial charge in [-0.1, -0.05) is 36.2 Å². The van der Waals surface area contributed by atoms with Crippen molar-refractivity contribution in [3.8, 4) is 17.2 Å². The molecule has 4 aromatic rings. The fourth-order valence-electron chi connectivity index (χ4n) is 6.74. The van der Waals surface area contributed by atoms with Crippen LogP contribution in [0.3, 0.4) is 0 Å². The van der Waals surface area contributed by atoms with E-state index in [-0.39, 0.29) is 57.5 Å². The molecule has 3 aromatic carbocycles. The van der Waals surface area contributed by atoms with Crippen LogP contribution < -0.4 is 10.5 Å². The van der Waals surface area contributed by atoms with Crippen LogP contribution in [0.25, 0.3) is 10.9 Å². The van der Waals surface area contributed by atoms with E-state index in [9.17, 15) is 27.9 Å². The Morgan fingerprint density at radius 1 is 1.08 bits per heavy atom. The molecule has 2 fully saturated rings. The van der Waals surface area contributed by atoms with E-state index >= 15 is 0 Å². The number of nitrogens with one attached hydrogen (secondary N) is 1. The Kier molecular flexibility index (Phi) is 9.61. The monoisotopic (exact) mass is 707 g/mol. The molecule has 258 valence electrons. The Morgan fingerprint density at radius 3 is 2.57 bits per heavy atom. The van der Waals surface area contributed by atoms with Gasteiger partial charge in [0.15, 0.2) is 0 Å². The van der Waals surface area contributed by atoms with E-state index < -0.39 is 33.9 Å². The lowest BCUT2D eigenvalue weighted by molar-refractivity contribution is -0.128. The Hall–Kier alpha value is -4.59. The molecule has 4 amide bonds. The Balaban J connectivity index is 1.39. The minimum atomic E-state index is -4.69. The van der Waals surface area contributed by atoms with Crippen molar-refractivity contribution < 1.29 is 32.6 Å². The van der Waals surface area contributed by atoms with Crippen LogP contribution in [0.5, 0.6) is 17.2 Å². The lowest BCUT2D eigenvalue weighted by Crippen LogP contribution is -2.42. The SMILES string of the molecule is CN(C)C(=O)c1cc(S(=O)(=O)N2C(=O)N(CC3CCC[C@@H](CN)C3)C(=O)[C@@H]2Cc2c[nH]c3ccccc23)ccc1Oc1ccc(O)c(Cl)c1. The predicted molar refractivity (Wildman–Crippen MR) is 184 cm³/mol. The first kappa shape index (κ1) is 34.3. The number of amides is 4. The molecule has 6 rings (SSSR count). The molecule has 3 atom stereocenters. The van der Waals surface area contributed by atoms with Crippen molar-refractivity contribution in [2.24, 2.45) is 17.6 Å². The molecule has 4 N–H and O–H groups in total. The van der Waals surface area contributed by atoms with Crippen molar-refractivity contribution in [2.45, 2.75) is 43.0 Å².